The largest absolute Gasteiger partial charge is 0.444 e. The van der Waals surface area contributed by atoms with E-state index in [1.807, 2.05) is 20.8 Å². The minimum atomic E-state index is -0.505. The molecule has 0 aliphatic carbocycles. The minimum Gasteiger partial charge on any atom is -0.444 e. The highest BCUT2D eigenvalue weighted by Gasteiger charge is 2.30. The number of non-ortho nitro benzene ring substituents is 1. The molecule has 0 bridgehead atoms. The van der Waals surface area contributed by atoms with Gasteiger partial charge in [-0.3, -0.25) is 15.1 Å². The number of amides is 1. The van der Waals surface area contributed by atoms with E-state index in [9.17, 15) is 14.9 Å². The molecule has 26 heavy (non-hydrogen) atoms. The summed E-state index contributed by atoms with van der Waals surface area (Å²) >= 11 is 1.56. The van der Waals surface area contributed by atoms with E-state index in [1.165, 1.54) is 12.1 Å². The second-order valence-corrected chi connectivity index (χ2v) is 8.41. The minimum absolute atomic E-state index is 0.00371. The number of fused-ring (bicyclic) bond motifs is 1. The Morgan fingerprint density at radius 1 is 1.38 bits per heavy atom. The number of rotatable bonds is 3. The van der Waals surface area contributed by atoms with E-state index in [4.69, 9.17) is 4.74 Å². The van der Waals surface area contributed by atoms with Crippen LogP contribution >= 0.6 is 11.8 Å². The average Bonchev–Trinajstić information content (AvgIpc) is 3.01. The van der Waals surface area contributed by atoms with Gasteiger partial charge in [-0.2, -0.15) is 0 Å². The van der Waals surface area contributed by atoms with Crippen LogP contribution in [0.5, 0.6) is 0 Å². The standard InChI is InChI=1S/C17H20N4O4S/c1-17(2,3)25-16(22)20-7-6-12(10-20)26-15-9-18-14-8-11(21(23)24)4-5-13(14)19-15/h4-5,8-9,12H,6-7,10H2,1-3H3. The fourth-order valence-corrected chi connectivity index (χ4v) is 3.72. The van der Waals surface area contributed by atoms with Crippen molar-refractivity contribution in [2.24, 2.45) is 0 Å². The molecule has 1 aromatic heterocycles. The first-order valence-electron chi connectivity index (χ1n) is 8.27. The molecule has 2 aromatic rings. The van der Waals surface area contributed by atoms with Crippen LogP contribution in [0, 0.1) is 10.1 Å². The number of hydrogen-bond donors (Lipinski definition) is 0. The number of nitro benzene ring substituents is 1. The van der Waals surface area contributed by atoms with E-state index in [0.29, 0.717) is 24.1 Å². The van der Waals surface area contributed by atoms with Crippen molar-refractivity contribution >= 4 is 34.6 Å². The molecule has 8 nitrogen and oxygen atoms in total. The molecule has 3 rings (SSSR count). The zero-order valence-electron chi connectivity index (χ0n) is 14.8. The summed E-state index contributed by atoms with van der Waals surface area (Å²) in [6, 6.07) is 4.44. The van der Waals surface area contributed by atoms with Gasteiger partial charge in [0.15, 0.2) is 0 Å². The van der Waals surface area contributed by atoms with E-state index < -0.39 is 10.5 Å². The molecule has 2 heterocycles. The number of thioether (sulfide) groups is 1. The van der Waals surface area contributed by atoms with E-state index in [0.717, 1.165) is 11.4 Å². The molecule has 1 aliphatic rings. The third kappa shape index (κ3) is 4.40. The highest BCUT2D eigenvalue weighted by atomic mass is 32.2. The summed E-state index contributed by atoms with van der Waals surface area (Å²) in [7, 11) is 0. The van der Waals surface area contributed by atoms with Gasteiger partial charge in [0.2, 0.25) is 0 Å². The van der Waals surface area contributed by atoms with Crippen LogP contribution in [0.25, 0.3) is 11.0 Å². The maximum Gasteiger partial charge on any atom is 0.410 e. The number of nitro groups is 1. The number of carbonyl (C=O) groups is 1. The molecular formula is C17H20N4O4S. The van der Waals surface area contributed by atoms with Crippen LogP contribution in [0.4, 0.5) is 10.5 Å². The smallest absolute Gasteiger partial charge is 0.410 e. The molecule has 1 aliphatic heterocycles. The normalized spacial score (nSPS) is 17.5. The Morgan fingerprint density at radius 2 is 2.15 bits per heavy atom. The quantitative estimate of drug-likeness (QED) is 0.595. The number of ether oxygens (including phenoxy) is 1. The third-order valence-electron chi connectivity index (χ3n) is 3.80. The number of benzene rings is 1. The SMILES string of the molecule is CC(C)(C)OC(=O)N1CCC(Sc2cnc3cc([N+](=O)[O-])ccc3n2)C1. The summed E-state index contributed by atoms with van der Waals surface area (Å²) < 4.78 is 5.40. The van der Waals surface area contributed by atoms with Gasteiger partial charge in [0, 0.05) is 30.5 Å². The molecule has 0 spiro atoms. The van der Waals surface area contributed by atoms with Crippen LogP contribution < -0.4 is 0 Å². The first-order chi connectivity index (χ1) is 12.2. The predicted molar refractivity (Wildman–Crippen MR) is 98.3 cm³/mol. The summed E-state index contributed by atoms with van der Waals surface area (Å²) in [6.07, 6.45) is 2.18. The van der Waals surface area contributed by atoms with E-state index in [2.05, 4.69) is 9.97 Å². The first-order valence-corrected chi connectivity index (χ1v) is 9.15. The zero-order chi connectivity index (χ0) is 18.9. The molecule has 0 saturated carbocycles. The highest BCUT2D eigenvalue weighted by molar-refractivity contribution is 7.99. The second kappa shape index (κ2) is 7.06. The van der Waals surface area contributed by atoms with Crippen LogP contribution in [0.3, 0.4) is 0 Å². The summed E-state index contributed by atoms with van der Waals surface area (Å²) in [5, 5.41) is 11.8. The van der Waals surface area contributed by atoms with E-state index in [-0.39, 0.29) is 17.0 Å². The van der Waals surface area contributed by atoms with Crippen molar-refractivity contribution < 1.29 is 14.5 Å². The summed E-state index contributed by atoms with van der Waals surface area (Å²) in [6.45, 7) is 6.80. The molecule has 1 aromatic carbocycles. The van der Waals surface area contributed by atoms with E-state index >= 15 is 0 Å². The number of carbonyl (C=O) groups excluding carboxylic acids is 1. The fourth-order valence-electron chi connectivity index (χ4n) is 2.64. The molecule has 0 N–H and O–H groups in total. The Kier molecular flexibility index (Phi) is 4.99. The Bertz CT molecular complexity index is 852. The zero-order valence-corrected chi connectivity index (χ0v) is 15.7. The first kappa shape index (κ1) is 18.4. The second-order valence-electron chi connectivity index (χ2n) is 7.09. The molecule has 1 atom stereocenters. The average molecular weight is 376 g/mol. The lowest BCUT2D eigenvalue weighted by atomic mass is 10.2. The number of nitrogens with zero attached hydrogens (tertiary/aromatic N) is 4. The van der Waals surface area contributed by atoms with Crippen molar-refractivity contribution in [2.45, 2.75) is 43.1 Å². The third-order valence-corrected chi connectivity index (χ3v) is 4.95. The highest BCUT2D eigenvalue weighted by Crippen LogP contribution is 2.30. The van der Waals surface area contributed by atoms with Crippen molar-refractivity contribution in [1.29, 1.82) is 0 Å². The maximum atomic E-state index is 12.1. The molecule has 1 amide bonds. The van der Waals surface area contributed by atoms with Gasteiger partial charge >= 0.3 is 6.09 Å². The van der Waals surface area contributed by atoms with Gasteiger partial charge in [0.1, 0.15) is 10.6 Å². The predicted octanol–water partition coefficient (Wildman–Crippen LogP) is 3.64. The maximum absolute atomic E-state index is 12.1. The molecule has 9 heteroatoms. The summed E-state index contributed by atoms with van der Waals surface area (Å²) in [4.78, 5) is 33.0. The van der Waals surface area contributed by atoms with Crippen molar-refractivity contribution in [1.82, 2.24) is 14.9 Å². The Balaban J connectivity index is 1.65. The van der Waals surface area contributed by atoms with Gasteiger partial charge in [-0.25, -0.2) is 9.78 Å². The summed E-state index contributed by atoms with van der Waals surface area (Å²) in [5.74, 6) is 0. The van der Waals surface area contributed by atoms with Crippen molar-refractivity contribution in [2.75, 3.05) is 13.1 Å². The lowest BCUT2D eigenvalue weighted by Crippen LogP contribution is -2.35. The molecule has 1 fully saturated rings. The van der Waals surface area contributed by atoms with Crippen LogP contribution in [-0.2, 0) is 4.74 Å². The Morgan fingerprint density at radius 3 is 2.85 bits per heavy atom. The molecular weight excluding hydrogens is 356 g/mol. The fraction of sp³-hybridized carbons (Fsp3) is 0.471. The number of likely N-dealkylation sites (tertiary alicyclic amines) is 1. The Hall–Kier alpha value is -2.42. The van der Waals surface area contributed by atoms with Gasteiger partial charge in [-0.15, -0.1) is 0 Å². The van der Waals surface area contributed by atoms with Gasteiger partial charge in [0.25, 0.3) is 5.69 Å². The van der Waals surface area contributed by atoms with Crippen molar-refractivity contribution in [3.05, 3.63) is 34.5 Å². The van der Waals surface area contributed by atoms with Crippen molar-refractivity contribution in [3.63, 3.8) is 0 Å². The number of aromatic nitrogens is 2. The Labute approximate surface area is 155 Å². The lowest BCUT2D eigenvalue weighted by molar-refractivity contribution is -0.384. The van der Waals surface area contributed by atoms with Gasteiger partial charge in [-0.05, 0) is 33.3 Å². The molecule has 0 radical (unpaired) electrons. The lowest BCUT2D eigenvalue weighted by Gasteiger charge is -2.24. The monoisotopic (exact) mass is 376 g/mol. The van der Waals surface area contributed by atoms with Crippen LogP contribution in [0.1, 0.15) is 27.2 Å². The van der Waals surface area contributed by atoms with Crippen LogP contribution in [0.2, 0.25) is 0 Å². The van der Waals surface area contributed by atoms with Gasteiger partial charge in [-0.1, -0.05) is 11.8 Å². The van der Waals surface area contributed by atoms with Crippen LogP contribution in [-0.4, -0.2) is 49.8 Å². The molecule has 1 unspecified atom stereocenters. The van der Waals surface area contributed by atoms with Gasteiger partial charge < -0.3 is 9.64 Å². The topological polar surface area (TPSA) is 98.5 Å². The van der Waals surface area contributed by atoms with Crippen LogP contribution in [0.15, 0.2) is 29.4 Å². The summed E-state index contributed by atoms with van der Waals surface area (Å²) in [5.41, 5.74) is 0.596. The molecule has 1 saturated heterocycles. The van der Waals surface area contributed by atoms with Crippen molar-refractivity contribution in [3.8, 4) is 0 Å². The van der Waals surface area contributed by atoms with Gasteiger partial charge in [0.05, 0.1) is 22.2 Å². The molecule has 138 valence electrons. The number of hydrogen-bond acceptors (Lipinski definition) is 7. The van der Waals surface area contributed by atoms with E-state index in [1.54, 1.807) is 28.9 Å².